The van der Waals surface area contributed by atoms with E-state index in [-0.39, 0.29) is 0 Å². The summed E-state index contributed by atoms with van der Waals surface area (Å²) >= 11 is 9.83. The van der Waals surface area contributed by atoms with Crippen molar-refractivity contribution >= 4 is 85.8 Å². The fourth-order valence-electron chi connectivity index (χ4n) is 4.20. The number of hydrogen-bond acceptors (Lipinski definition) is 8. The SMILES string of the molecule is O=C1C(=O)c2cc(Br)ccc2-c2ccc(Br)cc21.O=C1C(=O)c2ccccc2-c2ccccc21.O=S(=O)(O)O.[B]=NS. The Morgan fingerprint density at radius 2 is 0.786 bits per heavy atom. The topological polar surface area (TPSA) is 155 Å². The van der Waals surface area contributed by atoms with Crippen molar-refractivity contribution in [2.45, 2.75) is 0 Å². The zero-order valence-electron chi connectivity index (χ0n) is 21.1. The number of rotatable bonds is 0. The quantitative estimate of drug-likeness (QED) is 0.0800. The molecule has 4 aromatic carbocycles. The molecule has 1 radical (unpaired) electrons. The van der Waals surface area contributed by atoms with Crippen LogP contribution >= 0.6 is 44.7 Å². The Bertz CT molecular complexity index is 1740. The molecule has 4 aromatic rings. The van der Waals surface area contributed by atoms with E-state index in [0.29, 0.717) is 22.3 Å². The maximum absolute atomic E-state index is 12.1. The summed E-state index contributed by atoms with van der Waals surface area (Å²) in [5, 5.41) is 0. The van der Waals surface area contributed by atoms with Gasteiger partial charge in [-0.1, -0.05) is 92.5 Å². The molecule has 211 valence electrons. The molecule has 0 unspecified atom stereocenters. The van der Waals surface area contributed by atoms with Gasteiger partial charge in [0.05, 0.1) is 0 Å². The number of halogens is 2. The van der Waals surface area contributed by atoms with Gasteiger partial charge in [0.1, 0.15) is 0 Å². The first kappa shape index (κ1) is 33.1. The second-order valence-corrected chi connectivity index (χ2v) is 11.3. The van der Waals surface area contributed by atoms with Crippen molar-refractivity contribution in [3.8, 4) is 22.3 Å². The standard InChI is InChI=1S/C14H6Br2O2.C14H8O2.BHNS.H2O4S/c15-7-1-3-9-10-4-2-8(16)6-12(10)14(18)13(17)11(9)5-7;15-13-11-7-3-1-5-9(11)10-6-2-4-8-12(10)14(13)16;1-2-3;1-5(2,3)4/h1-6H;1-8H;3H;(H2,1,2,3,4). The molecule has 0 spiro atoms. The molecular weight excluding hydrogens is 713 g/mol. The monoisotopic (exact) mass is 728 g/mol. The summed E-state index contributed by atoms with van der Waals surface area (Å²) in [6.07, 6.45) is 0. The first-order valence-corrected chi connectivity index (χ1v) is 14.9. The van der Waals surface area contributed by atoms with E-state index in [2.05, 4.69) is 56.6 Å². The van der Waals surface area contributed by atoms with Crippen molar-refractivity contribution in [3.63, 3.8) is 0 Å². The third-order valence-electron chi connectivity index (χ3n) is 5.79. The van der Waals surface area contributed by atoms with Gasteiger partial charge in [0.25, 0.3) is 0 Å². The van der Waals surface area contributed by atoms with E-state index < -0.39 is 33.5 Å². The van der Waals surface area contributed by atoms with Crippen molar-refractivity contribution in [3.05, 3.63) is 116 Å². The predicted molar refractivity (Wildman–Crippen MR) is 168 cm³/mol. The second kappa shape index (κ2) is 14.2. The molecule has 42 heavy (non-hydrogen) atoms. The minimum absolute atomic E-state index is 0.408. The molecule has 0 heterocycles. The van der Waals surface area contributed by atoms with Crippen LogP contribution in [0.15, 0.2) is 98.2 Å². The number of ketones is 4. The van der Waals surface area contributed by atoms with Crippen molar-refractivity contribution < 1.29 is 36.7 Å². The van der Waals surface area contributed by atoms with Crippen LogP contribution in [-0.4, -0.2) is 48.3 Å². The molecule has 0 saturated carbocycles. The van der Waals surface area contributed by atoms with Crippen molar-refractivity contribution in [2.24, 2.45) is 4.30 Å². The van der Waals surface area contributed by atoms with Gasteiger partial charge in [-0.25, -0.2) is 0 Å². The van der Waals surface area contributed by atoms with Crippen LogP contribution in [0.4, 0.5) is 0 Å². The van der Waals surface area contributed by atoms with E-state index >= 15 is 0 Å². The number of carbonyl (C=O) groups excluding carboxylic acids is 4. The molecule has 0 saturated heterocycles. The fraction of sp³-hybridized carbons (Fsp3) is 0. The fourth-order valence-corrected chi connectivity index (χ4v) is 4.92. The summed E-state index contributed by atoms with van der Waals surface area (Å²) in [4.78, 5) is 47.8. The van der Waals surface area contributed by atoms with Crippen LogP contribution in [0.3, 0.4) is 0 Å². The van der Waals surface area contributed by atoms with E-state index in [1.165, 1.54) is 0 Å². The molecule has 6 rings (SSSR count). The summed E-state index contributed by atoms with van der Waals surface area (Å²) in [5.74, 6) is -1.71. The van der Waals surface area contributed by atoms with E-state index in [4.69, 9.17) is 17.5 Å². The zero-order chi connectivity index (χ0) is 31.2. The Kier molecular flexibility index (Phi) is 11.2. The van der Waals surface area contributed by atoms with E-state index in [1.807, 2.05) is 48.5 Å². The van der Waals surface area contributed by atoms with Gasteiger partial charge < -0.3 is 0 Å². The van der Waals surface area contributed by atoms with E-state index in [0.717, 1.165) is 31.2 Å². The first-order valence-electron chi connectivity index (χ1n) is 11.5. The molecule has 2 aliphatic carbocycles. The van der Waals surface area contributed by atoms with Crippen molar-refractivity contribution in [2.75, 3.05) is 0 Å². The summed E-state index contributed by atoms with van der Waals surface area (Å²) in [7, 11) is -0.330. The summed E-state index contributed by atoms with van der Waals surface area (Å²) in [6.45, 7) is 0. The average Bonchev–Trinajstić information content (AvgIpc) is 2.94. The molecule has 0 aliphatic heterocycles. The van der Waals surface area contributed by atoms with Gasteiger partial charge in [-0.2, -0.15) is 8.42 Å². The van der Waals surface area contributed by atoms with Crippen molar-refractivity contribution in [1.82, 2.24) is 0 Å². The summed E-state index contributed by atoms with van der Waals surface area (Å²) in [6, 6.07) is 25.3. The molecule has 9 nitrogen and oxygen atoms in total. The van der Waals surface area contributed by atoms with E-state index in [9.17, 15) is 19.2 Å². The van der Waals surface area contributed by atoms with Gasteiger partial charge in [0.15, 0.2) is 0 Å². The normalized spacial score (nSPS) is 12.4. The van der Waals surface area contributed by atoms with Gasteiger partial charge in [-0.05, 0) is 46.5 Å². The van der Waals surface area contributed by atoms with Gasteiger partial charge in [0.2, 0.25) is 23.1 Å². The molecule has 0 aromatic heterocycles. The Balaban J connectivity index is 0.000000185. The third kappa shape index (κ3) is 7.91. The van der Waals surface area contributed by atoms with Crippen LogP contribution in [0.2, 0.25) is 0 Å². The molecule has 2 aliphatic rings. The van der Waals surface area contributed by atoms with Crippen LogP contribution in [0.25, 0.3) is 22.3 Å². The Morgan fingerprint density at radius 1 is 0.548 bits per heavy atom. The van der Waals surface area contributed by atoms with Gasteiger partial charge in [0, 0.05) is 31.2 Å². The molecule has 0 atom stereocenters. The number of hydrogen-bond donors (Lipinski definition) is 3. The molecular formula is C28H17BBr2NO8S2. The summed E-state index contributed by atoms with van der Waals surface area (Å²) in [5.41, 5.74) is 5.26. The second-order valence-electron chi connectivity index (χ2n) is 8.35. The van der Waals surface area contributed by atoms with Crippen LogP contribution in [-0.2, 0) is 10.4 Å². The molecule has 14 heteroatoms. The minimum atomic E-state index is -4.67. The number of nitrogens with zero attached hydrogens (tertiary/aromatic N) is 1. The average molecular weight is 730 g/mol. The third-order valence-corrected chi connectivity index (χ3v) is 6.78. The zero-order valence-corrected chi connectivity index (χ0v) is 25.9. The summed E-state index contributed by atoms with van der Waals surface area (Å²) < 4.78 is 35.9. The van der Waals surface area contributed by atoms with Crippen LogP contribution < -0.4 is 0 Å². The molecule has 0 fully saturated rings. The molecule has 0 bridgehead atoms. The van der Waals surface area contributed by atoms with Gasteiger partial charge >= 0.3 is 35.2 Å². The molecule has 0 amide bonds. The molecule has 2 N–H and O–H groups in total. The van der Waals surface area contributed by atoms with Crippen LogP contribution in [0.1, 0.15) is 41.4 Å². The first-order chi connectivity index (χ1) is 19.8. The number of Topliss-reactive ketones (excluding diaryl/α,β-unsaturated/α-hetero) is 4. The number of thiol groups is 1. The van der Waals surface area contributed by atoms with Crippen LogP contribution in [0.5, 0.6) is 0 Å². The van der Waals surface area contributed by atoms with Crippen LogP contribution in [0, 0.1) is 0 Å². The van der Waals surface area contributed by atoms with Crippen molar-refractivity contribution in [1.29, 1.82) is 0 Å². The van der Waals surface area contributed by atoms with Gasteiger partial charge in [-0.15, -0.1) is 0 Å². The number of carbonyl (C=O) groups is 4. The Morgan fingerprint density at radius 3 is 1.10 bits per heavy atom. The number of fused-ring (bicyclic) bond motifs is 6. The van der Waals surface area contributed by atoms with E-state index in [1.54, 1.807) is 36.4 Å². The predicted octanol–water partition coefficient (Wildman–Crippen LogP) is 6.52. The van der Waals surface area contributed by atoms with Gasteiger partial charge in [-0.3, -0.25) is 28.3 Å². The maximum atomic E-state index is 12.1. The Hall–Kier alpha value is -3.40. The number of benzene rings is 4. The Labute approximate surface area is 263 Å².